The van der Waals surface area contributed by atoms with Crippen LogP contribution in [-0.2, 0) is 19.4 Å². The summed E-state index contributed by atoms with van der Waals surface area (Å²) in [7, 11) is -3.22. The molecule has 0 radical (unpaired) electrons. The average molecular weight is 397 g/mol. The molecule has 150 valence electrons. The average Bonchev–Trinajstić information content (AvgIpc) is 2.61. The van der Waals surface area contributed by atoms with Gasteiger partial charge in [-0.2, -0.15) is 0 Å². The number of hydrogen-bond donors (Lipinski definition) is 1. The van der Waals surface area contributed by atoms with Gasteiger partial charge in [-0.15, -0.1) is 0 Å². The summed E-state index contributed by atoms with van der Waals surface area (Å²) < 4.78 is 28.4. The number of aliphatic carboxylic acids is 1. The van der Waals surface area contributed by atoms with E-state index in [0.29, 0.717) is 44.6 Å². The number of unbranched alkanes of at least 4 members (excludes halogenated alkanes) is 1. The van der Waals surface area contributed by atoms with Crippen molar-refractivity contribution in [3.63, 3.8) is 0 Å². The second-order valence-corrected chi connectivity index (χ2v) is 9.07. The van der Waals surface area contributed by atoms with E-state index in [2.05, 4.69) is 0 Å². The second kappa shape index (κ2) is 9.21. The highest BCUT2D eigenvalue weighted by atomic mass is 32.2. The molecule has 0 bridgehead atoms. The molecule has 27 heavy (non-hydrogen) atoms. The van der Waals surface area contributed by atoms with Gasteiger partial charge < -0.3 is 14.7 Å². The topological polar surface area (TPSA) is 101 Å². The van der Waals surface area contributed by atoms with Gasteiger partial charge in [-0.1, -0.05) is 0 Å². The number of carboxylic acids is 1. The first-order valence-corrected chi connectivity index (χ1v) is 11.0. The Morgan fingerprint density at radius 2 is 1.85 bits per heavy atom. The molecule has 2 atom stereocenters. The number of likely N-dealkylation sites (tertiary alicyclic amines) is 1. The molecule has 1 aliphatic rings. The van der Waals surface area contributed by atoms with Crippen LogP contribution in [-0.4, -0.2) is 55.7 Å². The van der Waals surface area contributed by atoms with Crippen molar-refractivity contribution in [2.75, 3.05) is 19.4 Å². The van der Waals surface area contributed by atoms with Gasteiger partial charge in [0.25, 0.3) is 0 Å². The molecule has 1 aromatic carbocycles. The highest BCUT2D eigenvalue weighted by molar-refractivity contribution is 7.90. The molecule has 1 amide bonds. The SMILES string of the molecule is CC1CCC(C(=O)O)CN1C(=O)CCCCOc1ccc(S(C)(=O)=O)cc1. The summed E-state index contributed by atoms with van der Waals surface area (Å²) in [5.41, 5.74) is 0. The molecule has 1 heterocycles. The summed E-state index contributed by atoms with van der Waals surface area (Å²) in [6.07, 6.45) is 4.20. The van der Waals surface area contributed by atoms with E-state index in [9.17, 15) is 18.0 Å². The monoisotopic (exact) mass is 397 g/mol. The molecule has 0 spiro atoms. The molecule has 0 aromatic heterocycles. The zero-order valence-electron chi connectivity index (χ0n) is 15.8. The number of carbonyl (C=O) groups excluding carboxylic acids is 1. The van der Waals surface area contributed by atoms with Crippen molar-refractivity contribution in [2.45, 2.75) is 50.0 Å². The Bertz CT molecular complexity index is 759. The Labute approximate surface area is 160 Å². The van der Waals surface area contributed by atoms with Crippen LogP contribution in [0.4, 0.5) is 0 Å². The molecule has 1 saturated heterocycles. The van der Waals surface area contributed by atoms with Crippen molar-refractivity contribution in [3.8, 4) is 5.75 Å². The standard InChI is InChI=1S/C19H27NO6S/c1-14-6-7-15(19(22)23)13-20(14)18(21)5-3-4-12-26-16-8-10-17(11-9-16)27(2,24)25/h8-11,14-15H,3-7,12-13H2,1-2H3,(H,22,23). The van der Waals surface area contributed by atoms with Crippen LogP contribution in [0.2, 0.25) is 0 Å². The minimum atomic E-state index is -3.22. The van der Waals surface area contributed by atoms with E-state index in [4.69, 9.17) is 9.84 Å². The highest BCUT2D eigenvalue weighted by Gasteiger charge is 2.32. The van der Waals surface area contributed by atoms with Crippen LogP contribution in [0.3, 0.4) is 0 Å². The first-order chi connectivity index (χ1) is 12.7. The fourth-order valence-electron chi connectivity index (χ4n) is 3.15. The van der Waals surface area contributed by atoms with Gasteiger partial charge in [-0.25, -0.2) is 8.42 Å². The van der Waals surface area contributed by atoms with E-state index in [0.717, 1.165) is 12.7 Å². The molecule has 7 nitrogen and oxygen atoms in total. The minimum absolute atomic E-state index is 0.00837. The van der Waals surface area contributed by atoms with E-state index >= 15 is 0 Å². The van der Waals surface area contributed by atoms with Gasteiger partial charge >= 0.3 is 5.97 Å². The first-order valence-electron chi connectivity index (χ1n) is 9.13. The molecule has 0 aliphatic carbocycles. The van der Waals surface area contributed by atoms with Gasteiger partial charge in [-0.05, 0) is 56.9 Å². The van der Waals surface area contributed by atoms with Crippen LogP contribution in [0.5, 0.6) is 5.75 Å². The molecular formula is C19H27NO6S. The fraction of sp³-hybridized carbons (Fsp3) is 0.579. The Kier molecular flexibility index (Phi) is 7.24. The number of carboxylic acid groups (broad SMARTS) is 1. The molecule has 8 heteroatoms. The number of sulfone groups is 1. The van der Waals surface area contributed by atoms with E-state index in [1.54, 1.807) is 17.0 Å². The maximum Gasteiger partial charge on any atom is 0.308 e. The Hall–Kier alpha value is -2.09. The second-order valence-electron chi connectivity index (χ2n) is 7.06. The quantitative estimate of drug-likeness (QED) is 0.676. The largest absolute Gasteiger partial charge is 0.494 e. The van der Waals surface area contributed by atoms with Crippen molar-refractivity contribution in [1.82, 2.24) is 4.90 Å². The Morgan fingerprint density at radius 3 is 2.44 bits per heavy atom. The number of rotatable bonds is 8. The number of amides is 1. The smallest absolute Gasteiger partial charge is 0.308 e. The van der Waals surface area contributed by atoms with Crippen LogP contribution < -0.4 is 4.74 Å². The van der Waals surface area contributed by atoms with Crippen LogP contribution >= 0.6 is 0 Å². The lowest BCUT2D eigenvalue weighted by atomic mass is 9.93. The fourth-order valence-corrected chi connectivity index (χ4v) is 3.78. The zero-order chi connectivity index (χ0) is 20.0. The number of nitrogens with zero attached hydrogens (tertiary/aromatic N) is 1. The third-order valence-electron chi connectivity index (χ3n) is 4.86. The zero-order valence-corrected chi connectivity index (χ0v) is 16.6. The third-order valence-corrected chi connectivity index (χ3v) is 5.99. The van der Waals surface area contributed by atoms with E-state index in [-0.39, 0.29) is 16.8 Å². The van der Waals surface area contributed by atoms with Crippen molar-refractivity contribution in [2.24, 2.45) is 5.92 Å². The molecule has 2 unspecified atom stereocenters. The van der Waals surface area contributed by atoms with Crippen LogP contribution in [0, 0.1) is 5.92 Å². The van der Waals surface area contributed by atoms with Crippen LogP contribution in [0.1, 0.15) is 39.0 Å². The molecule has 1 N–H and O–H groups in total. The summed E-state index contributed by atoms with van der Waals surface area (Å²) >= 11 is 0. The first kappa shape index (κ1) is 21.2. The number of benzene rings is 1. The Balaban J connectivity index is 1.71. The summed E-state index contributed by atoms with van der Waals surface area (Å²) in [5.74, 6) is -0.730. The van der Waals surface area contributed by atoms with Crippen molar-refractivity contribution >= 4 is 21.7 Å². The van der Waals surface area contributed by atoms with Crippen molar-refractivity contribution in [3.05, 3.63) is 24.3 Å². The lowest BCUT2D eigenvalue weighted by molar-refractivity contribution is -0.147. The van der Waals surface area contributed by atoms with Gasteiger partial charge in [0, 0.05) is 25.3 Å². The number of ether oxygens (including phenoxy) is 1. The molecule has 1 fully saturated rings. The third kappa shape index (κ3) is 6.23. The normalized spacial score (nSPS) is 20.3. The summed E-state index contributed by atoms with van der Waals surface area (Å²) in [6, 6.07) is 6.32. The van der Waals surface area contributed by atoms with Crippen molar-refractivity contribution in [1.29, 1.82) is 0 Å². The predicted molar refractivity (Wildman–Crippen MR) is 100 cm³/mol. The van der Waals surface area contributed by atoms with Gasteiger partial charge in [-0.3, -0.25) is 9.59 Å². The molecule has 0 saturated carbocycles. The maximum atomic E-state index is 12.4. The molecule has 1 aliphatic heterocycles. The lowest BCUT2D eigenvalue weighted by Gasteiger charge is -2.36. The van der Waals surface area contributed by atoms with Gasteiger partial charge in [0.1, 0.15) is 5.75 Å². The molecular weight excluding hydrogens is 370 g/mol. The summed E-state index contributed by atoms with van der Waals surface area (Å²) in [4.78, 5) is 25.5. The van der Waals surface area contributed by atoms with E-state index in [1.807, 2.05) is 6.92 Å². The maximum absolute atomic E-state index is 12.4. The summed E-state index contributed by atoms with van der Waals surface area (Å²) in [5, 5.41) is 9.15. The van der Waals surface area contributed by atoms with Crippen molar-refractivity contribution < 1.29 is 27.9 Å². The summed E-state index contributed by atoms with van der Waals surface area (Å²) in [6.45, 7) is 2.68. The lowest BCUT2D eigenvalue weighted by Crippen LogP contribution is -2.47. The molecule has 2 rings (SSSR count). The number of hydrogen-bond acceptors (Lipinski definition) is 5. The predicted octanol–water partition coefficient (Wildman–Crippen LogP) is 2.35. The number of piperidine rings is 1. The Morgan fingerprint density at radius 1 is 1.19 bits per heavy atom. The highest BCUT2D eigenvalue weighted by Crippen LogP contribution is 2.23. The number of carbonyl (C=O) groups is 2. The van der Waals surface area contributed by atoms with Crippen LogP contribution in [0.25, 0.3) is 0 Å². The van der Waals surface area contributed by atoms with Gasteiger partial charge in [0.2, 0.25) is 5.91 Å². The van der Waals surface area contributed by atoms with Crippen LogP contribution in [0.15, 0.2) is 29.2 Å². The van der Waals surface area contributed by atoms with E-state index in [1.165, 1.54) is 12.1 Å². The minimum Gasteiger partial charge on any atom is -0.494 e. The van der Waals surface area contributed by atoms with Gasteiger partial charge in [0.05, 0.1) is 17.4 Å². The van der Waals surface area contributed by atoms with Gasteiger partial charge in [0.15, 0.2) is 9.84 Å². The molecule has 1 aromatic rings. The van der Waals surface area contributed by atoms with E-state index < -0.39 is 21.7 Å².